The Hall–Kier alpha value is -3.90. The van der Waals surface area contributed by atoms with Crippen LogP contribution < -0.4 is 9.80 Å². The van der Waals surface area contributed by atoms with Gasteiger partial charge in [-0.1, -0.05) is 68.3 Å². The van der Waals surface area contributed by atoms with Crippen LogP contribution >= 0.6 is 22.7 Å². The largest absolute Gasteiger partial charge is 0.477 e. The van der Waals surface area contributed by atoms with Crippen LogP contribution in [-0.2, 0) is 14.3 Å². The smallest absolute Gasteiger partial charge is 0.350 e. The first-order valence-electron chi connectivity index (χ1n) is 23.0. The van der Waals surface area contributed by atoms with Gasteiger partial charge in [0.05, 0.1) is 28.2 Å². The monoisotopic (exact) mass is 886 g/mol. The van der Waals surface area contributed by atoms with Crippen molar-refractivity contribution < 1.29 is 34.1 Å². The fourth-order valence-electron chi connectivity index (χ4n) is 9.65. The molecule has 0 radical (unpaired) electrons. The van der Waals surface area contributed by atoms with Crippen LogP contribution in [0.4, 0.5) is 11.4 Å². The Morgan fingerprint density at radius 2 is 1.19 bits per heavy atom. The number of carbonyl (C=O) groups is 4. The normalized spacial score (nSPS) is 22.7. The van der Waals surface area contributed by atoms with E-state index in [1.807, 2.05) is 48.8 Å². The Morgan fingerprint density at radius 1 is 0.742 bits per heavy atom. The number of aromatic carboxylic acids is 1. The average Bonchev–Trinajstić information content (AvgIpc) is 3.87. The Morgan fingerprint density at radius 3 is 1.63 bits per heavy atom. The highest BCUT2D eigenvalue weighted by molar-refractivity contribution is 7.15. The van der Waals surface area contributed by atoms with E-state index in [4.69, 9.17) is 4.74 Å². The summed E-state index contributed by atoms with van der Waals surface area (Å²) in [4.78, 5) is 58.0. The van der Waals surface area contributed by atoms with Gasteiger partial charge < -0.3 is 24.7 Å². The number of aliphatic hydroxyl groups excluding tert-OH is 1. The number of methoxy groups -OCH3 is 1. The Balaban J connectivity index is 0.000000234. The predicted octanol–water partition coefficient (Wildman–Crippen LogP) is 11.5. The molecule has 2 aromatic heterocycles. The maximum absolute atomic E-state index is 13.7. The number of piperidine rings is 2. The van der Waals surface area contributed by atoms with Crippen molar-refractivity contribution in [1.29, 1.82) is 0 Å². The number of rotatable bonds is 11. The zero-order valence-electron chi connectivity index (χ0n) is 38.3. The van der Waals surface area contributed by atoms with Crippen molar-refractivity contribution in [2.75, 3.05) is 23.5 Å². The lowest BCUT2D eigenvalue weighted by atomic mass is 9.77. The summed E-state index contributed by atoms with van der Waals surface area (Å²) in [5.74, 6) is 12.2. The summed E-state index contributed by atoms with van der Waals surface area (Å²) in [7, 11) is 1.39. The lowest BCUT2D eigenvalue weighted by Crippen LogP contribution is -2.52. The molecule has 9 nitrogen and oxygen atoms in total. The number of thiophene rings is 2. The zero-order valence-corrected chi connectivity index (χ0v) is 39.9. The lowest BCUT2D eigenvalue weighted by molar-refractivity contribution is -0.126. The second kappa shape index (κ2) is 22.1. The molecule has 4 heterocycles. The number of esters is 1. The van der Waals surface area contributed by atoms with Gasteiger partial charge >= 0.3 is 11.9 Å². The van der Waals surface area contributed by atoms with Gasteiger partial charge in [0.25, 0.3) is 0 Å². The van der Waals surface area contributed by atoms with Crippen molar-refractivity contribution in [1.82, 2.24) is 0 Å². The van der Waals surface area contributed by atoms with Gasteiger partial charge in [0.1, 0.15) is 9.75 Å². The van der Waals surface area contributed by atoms with Crippen LogP contribution in [0.5, 0.6) is 0 Å². The van der Waals surface area contributed by atoms with E-state index in [1.54, 1.807) is 0 Å². The predicted molar refractivity (Wildman–Crippen MR) is 252 cm³/mol. The average molecular weight is 887 g/mol. The van der Waals surface area contributed by atoms with Gasteiger partial charge in [-0.2, -0.15) is 0 Å². The van der Waals surface area contributed by atoms with Crippen LogP contribution in [0.25, 0.3) is 0 Å². The van der Waals surface area contributed by atoms with Gasteiger partial charge in [-0.25, -0.2) is 9.59 Å². The number of carboxylic acids is 1. The van der Waals surface area contributed by atoms with Crippen molar-refractivity contribution in [3.05, 3.63) is 44.3 Å². The molecule has 2 aliphatic carbocycles. The van der Waals surface area contributed by atoms with E-state index < -0.39 is 11.9 Å². The molecule has 2 unspecified atom stereocenters. The van der Waals surface area contributed by atoms with Gasteiger partial charge in [-0.3, -0.25) is 9.59 Å². The topological polar surface area (TPSA) is 124 Å². The third kappa shape index (κ3) is 12.9. The van der Waals surface area contributed by atoms with E-state index in [1.165, 1.54) is 57.0 Å². The quantitative estimate of drug-likeness (QED) is 0.131. The molecule has 2 N–H and O–H groups in total. The molecule has 62 heavy (non-hydrogen) atoms. The highest BCUT2D eigenvalue weighted by atomic mass is 32.1. The summed E-state index contributed by atoms with van der Waals surface area (Å²) in [6, 6.07) is 3.93. The molecule has 2 aliphatic heterocycles. The van der Waals surface area contributed by atoms with Gasteiger partial charge in [0.15, 0.2) is 0 Å². The van der Waals surface area contributed by atoms with Crippen molar-refractivity contribution in [2.45, 2.75) is 163 Å². The zero-order chi connectivity index (χ0) is 45.2. The van der Waals surface area contributed by atoms with E-state index in [2.05, 4.69) is 51.0 Å². The first-order valence-corrected chi connectivity index (χ1v) is 24.6. The fourth-order valence-corrected chi connectivity index (χ4v) is 11.4. The molecule has 6 rings (SSSR count). The highest BCUT2D eigenvalue weighted by Crippen LogP contribution is 2.44. The van der Waals surface area contributed by atoms with Gasteiger partial charge in [-0.15, -0.1) is 29.3 Å². The number of nitrogens with zero attached hydrogens (tertiary/aromatic N) is 2. The number of carboxylic acid groups (broad SMARTS) is 1. The molecule has 4 fully saturated rings. The second-order valence-corrected chi connectivity index (χ2v) is 21.8. The number of ether oxygens (including phenoxy) is 1. The number of carbonyl (C=O) groups excluding carboxylic acids is 3. The molecule has 2 saturated carbocycles. The molecule has 0 aromatic carbocycles. The van der Waals surface area contributed by atoms with Gasteiger partial charge in [0.2, 0.25) is 11.8 Å². The van der Waals surface area contributed by atoms with Crippen LogP contribution in [0.3, 0.4) is 0 Å². The van der Waals surface area contributed by atoms with Crippen LogP contribution in [0.2, 0.25) is 0 Å². The number of anilines is 2. The minimum Gasteiger partial charge on any atom is -0.477 e. The van der Waals surface area contributed by atoms with Crippen molar-refractivity contribution in [2.24, 2.45) is 34.5 Å². The number of hydrogen-bond donors (Lipinski definition) is 2. The molecule has 2 amide bonds. The van der Waals surface area contributed by atoms with Gasteiger partial charge in [0, 0.05) is 41.4 Å². The number of amides is 2. The number of aliphatic hydroxyl groups is 1. The van der Waals surface area contributed by atoms with Crippen LogP contribution in [0.1, 0.15) is 180 Å². The SMILES string of the molecule is C=CCC1CC[C@@H](C2CCCCC2)N(c2cc(C#CC(C)(C)C)sc2C(=O)OC)C1=O.CC(C)(C)C#Cc1cc(N2C(=O)C(CCCO)CC[C@H]2C2CCCCC2)c(C(=O)O)s1. The van der Waals surface area contributed by atoms with Crippen LogP contribution in [0.15, 0.2) is 24.8 Å². The van der Waals surface area contributed by atoms with E-state index in [0.717, 1.165) is 67.6 Å². The van der Waals surface area contributed by atoms with Crippen LogP contribution in [0, 0.1) is 58.2 Å². The summed E-state index contributed by atoms with van der Waals surface area (Å²) in [5.41, 5.74) is 0.874. The molecule has 11 heteroatoms. The molecule has 0 spiro atoms. The molecule has 4 aliphatic rings. The first kappa shape index (κ1) is 49.1. The van der Waals surface area contributed by atoms with E-state index in [9.17, 15) is 29.4 Å². The lowest BCUT2D eigenvalue weighted by Gasteiger charge is -2.44. The molecule has 338 valence electrons. The molecular weight excluding hydrogens is 817 g/mol. The minimum absolute atomic E-state index is 0.0194. The number of hydrogen-bond acceptors (Lipinski definition) is 8. The standard InChI is InChI=1S/C26H35NO3S.C25H35NO4S/c1-6-10-19-13-14-21(18-11-8-7-9-12-18)27(24(19)28)22-17-20(15-16-26(2,3)4)31-23(22)25(29)30-5;1-25(2,3)14-13-19-16-21(22(31-19)24(29)30)26-20(17-8-5-4-6-9-17)12-11-18(23(26)28)10-7-15-27/h6,17-19,21H,1,7-14H2,2-5H3;16-18,20,27H,4-12,15H2,1-3H3,(H,29,30)/t19?,21-;18?,20-/m00/s1. The highest BCUT2D eigenvalue weighted by Gasteiger charge is 2.43. The Labute approximate surface area is 379 Å². The molecule has 2 saturated heterocycles. The maximum Gasteiger partial charge on any atom is 0.350 e. The van der Waals surface area contributed by atoms with E-state index in [0.29, 0.717) is 52.2 Å². The molecule has 0 bridgehead atoms. The van der Waals surface area contributed by atoms with Crippen molar-refractivity contribution >= 4 is 57.8 Å². The van der Waals surface area contributed by atoms with Crippen molar-refractivity contribution in [3.63, 3.8) is 0 Å². The third-order valence-corrected chi connectivity index (χ3v) is 14.7. The minimum atomic E-state index is -1.00. The van der Waals surface area contributed by atoms with E-state index >= 15 is 0 Å². The summed E-state index contributed by atoms with van der Waals surface area (Å²) in [6.45, 7) is 16.1. The number of allylic oxidation sites excluding steroid dienone is 1. The Bertz CT molecular complexity index is 2020. The van der Waals surface area contributed by atoms with Crippen molar-refractivity contribution in [3.8, 4) is 23.7 Å². The van der Waals surface area contributed by atoms with Gasteiger partial charge in [-0.05, 0) is 136 Å². The van der Waals surface area contributed by atoms with E-state index in [-0.39, 0.29) is 58.0 Å². The van der Waals surface area contributed by atoms with Crippen LogP contribution in [-0.4, -0.2) is 59.8 Å². The summed E-state index contributed by atoms with van der Waals surface area (Å²) in [6.07, 6.45) is 19.1. The maximum atomic E-state index is 13.7. The summed E-state index contributed by atoms with van der Waals surface area (Å²) >= 11 is 2.49. The molecule has 2 aromatic rings. The third-order valence-electron chi connectivity index (χ3n) is 12.6. The first-order chi connectivity index (χ1) is 29.5. The fraction of sp³-hybridized carbons (Fsp3) is 0.647. The Kier molecular flexibility index (Phi) is 17.5. The molecule has 4 atom stereocenters. The molecular formula is C51H70N2O7S2. The second-order valence-electron chi connectivity index (χ2n) is 19.7. The summed E-state index contributed by atoms with van der Waals surface area (Å²) < 4.78 is 5.09. The summed E-state index contributed by atoms with van der Waals surface area (Å²) in [5, 5.41) is 19.2.